The van der Waals surface area contributed by atoms with Crippen molar-refractivity contribution < 1.29 is 9.47 Å². The summed E-state index contributed by atoms with van der Waals surface area (Å²) in [5.41, 5.74) is 1.24. The highest BCUT2D eigenvalue weighted by atomic mass is 32.1. The molecule has 100 valence electrons. The van der Waals surface area contributed by atoms with Crippen molar-refractivity contribution in [2.45, 2.75) is 25.2 Å². The summed E-state index contributed by atoms with van der Waals surface area (Å²) >= 11 is 1.33. The van der Waals surface area contributed by atoms with Crippen LogP contribution in [0.1, 0.15) is 30.1 Å². The van der Waals surface area contributed by atoms with Crippen LogP contribution < -0.4 is 4.74 Å². The Balaban J connectivity index is 1.61. The van der Waals surface area contributed by atoms with E-state index in [4.69, 9.17) is 9.47 Å². The van der Waals surface area contributed by atoms with Gasteiger partial charge in [-0.15, -0.1) is 0 Å². The largest absolute Gasteiger partial charge is 0.430 e. The first-order valence-corrected chi connectivity index (χ1v) is 7.22. The Kier molecular flexibility index (Phi) is 3.75. The molecule has 0 bridgehead atoms. The van der Waals surface area contributed by atoms with E-state index >= 15 is 0 Å². The van der Waals surface area contributed by atoms with Crippen molar-refractivity contribution >= 4 is 11.5 Å². The van der Waals surface area contributed by atoms with Gasteiger partial charge in [-0.1, -0.05) is 12.1 Å². The van der Waals surface area contributed by atoms with Crippen LogP contribution in [0.2, 0.25) is 0 Å². The van der Waals surface area contributed by atoms with Gasteiger partial charge >= 0.3 is 0 Å². The van der Waals surface area contributed by atoms with Crippen LogP contribution in [-0.4, -0.2) is 23.1 Å². The lowest BCUT2D eigenvalue weighted by Crippen LogP contribution is -1.94. The molecule has 4 nitrogen and oxygen atoms in total. The molecule has 1 fully saturated rings. The van der Waals surface area contributed by atoms with E-state index in [1.54, 1.807) is 7.11 Å². The zero-order valence-corrected chi connectivity index (χ0v) is 11.7. The number of nitrogens with zero attached hydrogens (tertiary/aromatic N) is 2. The van der Waals surface area contributed by atoms with Gasteiger partial charge in [0.05, 0.1) is 6.61 Å². The Morgan fingerprint density at radius 1 is 1.26 bits per heavy atom. The summed E-state index contributed by atoms with van der Waals surface area (Å²) in [6.45, 7) is 0.737. The van der Waals surface area contributed by atoms with Crippen LogP contribution in [-0.2, 0) is 11.2 Å². The number of hydrogen-bond donors (Lipinski definition) is 0. The number of methoxy groups -OCH3 is 1. The standard InChI is InChI=1S/C14H16N2O2S/c1-17-9-8-10-2-6-12(7-3-10)18-14-15-13(16-19-14)11-4-5-11/h2-3,6-7,11H,4-5,8-9H2,1H3. The number of aromatic nitrogens is 2. The Morgan fingerprint density at radius 2 is 2.05 bits per heavy atom. The Bertz CT molecular complexity index is 535. The van der Waals surface area contributed by atoms with Gasteiger partial charge in [0.15, 0.2) is 0 Å². The average Bonchev–Trinajstić information content (AvgIpc) is 3.19. The van der Waals surface area contributed by atoms with Crippen LogP contribution in [0.4, 0.5) is 0 Å². The Labute approximate surface area is 116 Å². The zero-order chi connectivity index (χ0) is 13.1. The van der Waals surface area contributed by atoms with Crippen molar-refractivity contribution in [2.75, 3.05) is 13.7 Å². The van der Waals surface area contributed by atoms with Gasteiger partial charge in [-0.25, -0.2) is 0 Å². The summed E-state index contributed by atoms with van der Waals surface area (Å²) in [4.78, 5) is 4.40. The number of hydrogen-bond acceptors (Lipinski definition) is 5. The maximum Gasteiger partial charge on any atom is 0.298 e. The molecule has 1 heterocycles. The molecule has 3 rings (SSSR count). The highest BCUT2D eigenvalue weighted by molar-refractivity contribution is 7.07. The first-order chi connectivity index (χ1) is 9.35. The normalized spacial score (nSPS) is 14.6. The van der Waals surface area contributed by atoms with Gasteiger partial charge < -0.3 is 9.47 Å². The molecular formula is C14H16N2O2S. The second-order valence-electron chi connectivity index (χ2n) is 4.68. The van der Waals surface area contributed by atoms with Crippen LogP contribution in [0.3, 0.4) is 0 Å². The van der Waals surface area contributed by atoms with E-state index < -0.39 is 0 Å². The van der Waals surface area contributed by atoms with Crippen LogP contribution in [0, 0.1) is 0 Å². The van der Waals surface area contributed by atoms with Gasteiger partial charge in [0, 0.05) is 24.6 Å². The Hall–Kier alpha value is -1.46. The molecule has 0 spiro atoms. The summed E-state index contributed by atoms with van der Waals surface area (Å²) < 4.78 is 15.1. The molecule has 0 N–H and O–H groups in total. The molecule has 1 aromatic carbocycles. The fraction of sp³-hybridized carbons (Fsp3) is 0.429. The topological polar surface area (TPSA) is 44.2 Å². The summed E-state index contributed by atoms with van der Waals surface area (Å²) in [6.07, 6.45) is 3.34. The van der Waals surface area contributed by atoms with Crippen LogP contribution in [0.15, 0.2) is 24.3 Å². The van der Waals surface area contributed by atoms with E-state index in [0.717, 1.165) is 24.6 Å². The number of ether oxygens (including phenoxy) is 2. The highest BCUT2D eigenvalue weighted by Crippen LogP contribution is 2.40. The Morgan fingerprint density at radius 3 is 2.74 bits per heavy atom. The molecule has 1 aliphatic rings. The smallest absolute Gasteiger partial charge is 0.298 e. The molecule has 0 saturated heterocycles. The molecule has 0 unspecified atom stereocenters. The minimum Gasteiger partial charge on any atom is -0.430 e. The maximum absolute atomic E-state index is 5.71. The van der Waals surface area contributed by atoms with Crippen molar-refractivity contribution in [2.24, 2.45) is 0 Å². The van der Waals surface area contributed by atoms with Crippen molar-refractivity contribution in [1.82, 2.24) is 9.36 Å². The molecular weight excluding hydrogens is 260 g/mol. The summed E-state index contributed by atoms with van der Waals surface area (Å²) in [7, 11) is 1.71. The van der Waals surface area contributed by atoms with Gasteiger partial charge in [0.1, 0.15) is 11.6 Å². The average molecular weight is 276 g/mol. The van der Waals surface area contributed by atoms with E-state index in [0.29, 0.717) is 11.1 Å². The van der Waals surface area contributed by atoms with Crippen LogP contribution >= 0.6 is 11.5 Å². The van der Waals surface area contributed by atoms with Gasteiger partial charge in [-0.2, -0.15) is 9.36 Å². The monoisotopic (exact) mass is 276 g/mol. The number of rotatable bonds is 6. The third-order valence-electron chi connectivity index (χ3n) is 3.09. The van der Waals surface area contributed by atoms with Gasteiger partial charge in [-0.05, 0) is 37.0 Å². The molecule has 1 aliphatic carbocycles. The predicted octanol–water partition coefficient (Wildman–Crippen LogP) is 3.40. The second kappa shape index (κ2) is 5.67. The molecule has 0 radical (unpaired) electrons. The van der Waals surface area contributed by atoms with Crippen molar-refractivity contribution in [3.05, 3.63) is 35.7 Å². The lowest BCUT2D eigenvalue weighted by Gasteiger charge is -2.03. The minimum atomic E-state index is 0.574. The fourth-order valence-electron chi connectivity index (χ4n) is 1.81. The van der Waals surface area contributed by atoms with E-state index in [1.807, 2.05) is 12.1 Å². The quantitative estimate of drug-likeness (QED) is 0.811. The van der Waals surface area contributed by atoms with E-state index in [2.05, 4.69) is 21.5 Å². The van der Waals surface area contributed by atoms with Crippen LogP contribution in [0.5, 0.6) is 10.9 Å². The molecule has 1 saturated carbocycles. The minimum absolute atomic E-state index is 0.574. The first kappa shape index (κ1) is 12.6. The molecule has 5 heteroatoms. The zero-order valence-electron chi connectivity index (χ0n) is 10.8. The predicted molar refractivity (Wildman–Crippen MR) is 74.0 cm³/mol. The third-order valence-corrected chi connectivity index (χ3v) is 3.70. The molecule has 0 amide bonds. The summed E-state index contributed by atoms with van der Waals surface area (Å²) in [5, 5.41) is 0.631. The molecule has 1 aromatic heterocycles. The fourth-order valence-corrected chi connectivity index (χ4v) is 2.44. The van der Waals surface area contributed by atoms with Crippen molar-refractivity contribution in [3.8, 4) is 10.9 Å². The van der Waals surface area contributed by atoms with Gasteiger partial charge in [-0.3, -0.25) is 0 Å². The maximum atomic E-state index is 5.71. The van der Waals surface area contributed by atoms with Crippen molar-refractivity contribution in [3.63, 3.8) is 0 Å². The summed E-state index contributed by atoms with van der Waals surface area (Å²) in [6, 6.07) is 8.03. The highest BCUT2D eigenvalue weighted by Gasteiger charge is 2.28. The lowest BCUT2D eigenvalue weighted by atomic mass is 10.1. The first-order valence-electron chi connectivity index (χ1n) is 6.44. The molecule has 0 atom stereocenters. The van der Waals surface area contributed by atoms with E-state index in [9.17, 15) is 0 Å². The molecule has 19 heavy (non-hydrogen) atoms. The van der Waals surface area contributed by atoms with Gasteiger partial charge in [0.25, 0.3) is 5.19 Å². The summed E-state index contributed by atoms with van der Waals surface area (Å²) in [5.74, 6) is 2.32. The SMILES string of the molecule is COCCc1ccc(Oc2nc(C3CC3)ns2)cc1. The van der Waals surface area contributed by atoms with Crippen molar-refractivity contribution in [1.29, 1.82) is 0 Å². The number of benzene rings is 1. The van der Waals surface area contributed by atoms with E-state index in [-0.39, 0.29) is 0 Å². The lowest BCUT2D eigenvalue weighted by molar-refractivity contribution is 0.202. The van der Waals surface area contributed by atoms with E-state index in [1.165, 1.54) is 29.9 Å². The van der Waals surface area contributed by atoms with Crippen LogP contribution in [0.25, 0.3) is 0 Å². The molecule has 2 aromatic rings. The van der Waals surface area contributed by atoms with Gasteiger partial charge in [0.2, 0.25) is 0 Å². The molecule has 0 aliphatic heterocycles. The second-order valence-corrected chi connectivity index (χ2v) is 5.40. The third kappa shape index (κ3) is 3.30.